The zero-order chi connectivity index (χ0) is 19.2. The van der Waals surface area contributed by atoms with Crippen LogP contribution in [-0.4, -0.2) is 29.6 Å². The molecule has 0 saturated heterocycles. The van der Waals surface area contributed by atoms with Gasteiger partial charge in [0.15, 0.2) is 6.61 Å². The molecular weight excluding hydrogens is 390 g/mol. The first-order valence-electron chi connectivity index (χ1n) is 8.04. The van der Waals surface area contributed by atoms with Crippen LogP contribution in [0.1, 0.15) is 6.42 Å². The summed E-state index contributed by atoms with van der Waals surface area (Å²) in [6, 6.07) is 14.1. The van der Waals surface area contributed by atoms with Gasteiger partial charge in [-0.2, -0.15) is 0 Å². The number of carbonyl (C=O) groups is 3. The lowest BCUT2D eigenvalue weighted by atomic mass is 10.2. The van der Waals surface area contributed by atoms with Crippen LogP contribution >= 0.6 is 23.4 Å². The van der Waals surface area contributed by atoms with Crippen molar-refractivity contribution in [3.05, 3.63) is 53.6 Å². The highest BCUT2D eigenvalue weighted by Crippen LogP contribution is 2.36. The maximum atomic E-state index is 12.1. The van der Waals surface area contributed by atoms with Crippen molar-refractivity contribution < 1.29 is 19.1 Å². The molecule has 1 aliphatic heterocycles. The van der Waals surface area contributed by atoms with E-state index in [9.17, 15) is 14.4 Å². The molecule has 0 spiro atoms. The Hall–Kier alpha value is -2.71. The number of benzene rings is 2. The van der Waals surface area contributed by atoms with E-state index in [0.29, 0.717) is 10.8 Å². The van der Waals surface area contributed by atoms with Crippen LogP contribution in [0.4, 0.5) is 5.69 Å². The third kappa shape index (κ3) is 5.15. The first-order chi connectivity index (χ1) is 13.0. The highest BCUT2D eigenvalue weighted by Gasteiger charge is 2.28. The van der Waals surface area contributed by atoms with E-state index >= 15 is 0 Å². The van der Waals surface area contributed by atoms with Crippen molar-refractivity contribution in [3.63, 3.8) is 0 Å². The van der Waals surface area contributed by atoms with Gasteiger partial charge in [0, 0.05) is 11.3 Å². The van der Waals surface area contributed by atoms with Crippen molar-refractivity contribution in [1.29, 1.82) is 0 Å². The predicted octanol–water partition coefficient (Wildman–Crippen LogP) is 2.37. The summed E-state index contributed by atoms with van der Waals surface area (Å²) >= 11 is 7.24. The number of para-hydroxylation sites is 2. The Morgan fingerprint density at radius 3 is 2.59 bits per heavy atom. The van der Waals surface area contributed by atoms with Gasteiger partial charge in [-0.3, -0.25) is 25.2 Å². The summed E-state index contributed by atoms with van der Waals surface area (Å²) in [6.45, 7) is -0.309. The second kappa shape index (κ2) is 8.79. The van der Waals surface area contributed by atoms with E-state index in [1.165, 1.54) is 11.8 Å². The Bertz CT molecular complexity index is 877. The van der Waals surface area contributed by atoms with Crippen molar-refractivity contribution >= 4 is 46.8 Å². The van der Waals surface area contributed by atoms with Crippen LogP contribution in [0.15, 0.2) is 53.4 Å². The van der Waals surface area contributed by atoms with E-state index < -0.39 is 17.1 Å². The average molecular weight is 406 g/mol. The van der Waals surface area contributed by atoms with Crippen LogP contribution in [0.5, 0.6) is 5.75 Å². The fourth-order valence-electron chi connectivity index (χ4n) is 2.33. The van der Waals surface area contributed by atoms with Crippen LogP contribution in [0.3, 0.4) is 0 Å². The van der Waals surface area contributed by atoms with E-state index in [-0.39, 0.29) is 18.9 Å². The fourth-order valence-corrected chi connectivity index (χ4v) is 3.63. The molecule has 7 nitrogen and oxygen atoms in total. The molecule has 0 radical (unpaired) electrons. The lowest BCUT2D eigenvalue weighted by Gasteiger charge is -2.23. The Balaban J connectivity index is 1.44. The van der Waals surface area contributed by atoms with Crippen LogP contribution in [-0.2, 0) is 14.4 Å². The maximum absolute atomic E-state index is 12.1. The summed E-state index contributed by atoms with van der Waals surface area (Å²) in [6.07, 6.45) is -0.0729. The summed E-state index contributed by atoms with van der Waals surface area (Å²) in [5.74, 6) is -0.903. The topological polar surface area (TPSA) is 96.5 Å². The van der Waals surface area contributed by atoms with Crippen molar-refractivity contribution in [2.24, 2.45) is 0 Å². The number of halogens is 1. The highest BCUT2D eigenvalue weighted by molar-refractivity contribution is 8.01. The zero-order valence-corrected chi connectivity index (χ0v) is 15.6. The average Bonchev–Trinajstić information content (AvgIpc) is 2.66. The Morgan fingerprint density at radius 2 is 1.78 bits per heavy atom. The van der Waals surface area contributed by atoms with Gasteiger partial charge in [0.2, 0.25) is 11.8 Å². The van der Waals surface area contributed by atoms with Crippen LogP contribution < -0.4 is 20.9 Å². The van der Waals surface area contributed by atoms with E-state index in [2.05, 4.69) is 16.2 Å². The zero-order valence-electron chi connectivity index (χ0n) is 14.0. The summed E-state index contributed by atoms with van der Waals surface area (Å²) < 4.78 is 5.27. The Labute approximate surface area is 164 Å². The number of rotatable bonds is 5. The largest absolute Gasteiger partial charge is 0.482 e. The second-order valence-electron chi connectivity index (χ2n) is 5.61. The number of fused-ring (bicyclic) bond motifs is 1. The van der Waals surface area contributed by atoms with Gasteiger partial charge < -0.3 is 10.1 Å². The molecule has 140 valence electrons. The molecule has 0 bridgehead atoms. The summed E-state index contributed by atoms with van der Waals surface area (Å²) in [5, 5.41) is 2.58. The van der Waals surface area contributed by atoms with E-state index in [0.717, 1.165) is 10.6 Å². The number of hydrogen-bond acceptors (Lipinski definition) is 5. The van der Waals surface area contributed by atoms with E-state index in [4.69, 9.17) is 16.3 Å². The first-order valence-corrected chi connectivity index (χ1v) is 9.30. The van der Waals surface area contributed by atoms with Crippen molar-refractivity contribution in [3.8, 4) is 5.75 Å². The molecule has 3 amide bonds. The fraction of sp³-hybridized carbons (Fsp3) is 0.167. The molecule has 9 heteroatoms. The summed E-state index contributed by atoms with van der Waals surface area (Å²) in [5.41, 5.74) is 5.26. The van der Waals surface area contributed by atoms with Gasteiger partial charge in [-0.1, -0.05) is 35.9 Å². The predicted molar refractivity (Wildman–Crippen MR) is 103 cm³/mol. The molecule has 1 heterocycles. The minimum Gasteiger partial charge on any atom is -0.482 e. The second-order valence-corrected chi connectivity index (χ2v) is 7.26. The van der Waals surface area contributed by atoms with Crippen LogP contribution in [0, 0.1) is 0 Å². The third-order valence-corrected chi connectivity index (χ3v) is 5.20. The molecule has 27 heavy (non-hydrogen) atoms. The highest BCUT2D eigenvalue weighted by atomic mass is 35.5. The molecule has 0 aliphatic carbocycles. The summed E-state index contributed by atoms with van der Waals surface area (Å²) in [4.78, 5) is 36.8. The number of carbonyl (C=O) groups excluding carboxylic acids is 3. The quantitative estimate of drug-likeness (QED) is 0.663. The van der Waals surface area contributed by atoms with Crippen molar-refractivity contribution in [2.75, 3.05) is 11.9 Å². The van der Waals surface area contributed by atoms with E-state index in [1.807, 2.05) is 18.2 Å². The minimum atomic E-state index is -0.573. The number of thioether (sulfide) groups is 1. The van der Waals surface area contributed by atoms with Gasteiger partial charge >= 0.3 is 0 Å². The third-order valence-electron chi connectivity index (χ3n) is 3.61. The number of nitrogens with one attached hydrogen (secondary N) is 3. The van der Waals surface area contributed by atoms with E-state index in [1.54, 1.807) is 30.3 Å². The van der Waals surface area contributed by atoms with Gasteiger partial charge in [-0.15, -0.1) is 11.8 Å². The van der Waals surface area contributed by atoms with Gasteiger partial charge in [0.05, 0.1) is 16.0 Å². The number of ether oxygens (including phenoxy) is 1. The Kier molecular flexibility index (Phi) is 6.20. The molecule has 0 aromatic heterocycles. The van der Waals surface area contributed by atoms with Gasteiger partial charge in [-0.25, -0.2) is 0 Å². The maximum Gasteiger partial charge on any atom is 0.276 e. The number of anilines is 1. The van der Waals surface area contributed by atoms with Crippen molar-refractivity contribution in [1.82, 2.24) is 10.9 Å². The Morgan fingerprint density at radius 1 is 1.07 bits per heavy atom. The van der Waals surface area contributed by atoms with Gasteiger partial charge in [0.25, 0.3) is 5.91 Å². The molecule has 2 aromatic carbocycles. The SMILES string of the molecule is O=C(COc1ccccc1Cl)NNC(=O)C[C@@H]1Sc2ccccc2NC1=O. The lowest BCUT2D eigenvalue weighted by molar-refractivity contribution is -0.130. The van der Waals surface area contributed by atoms with Crippen LogP contribution in [0.25, 0.3) is 0 Å². The molecule has 3 rings (SSSR count). The van der Waals surface area contributed by atoms with Crippen molar-refractivity contribution in [2.45, 2.75) is 16.6 Å². The smallest absolute Gasteiger partial charge is 0.276 e. The molecule has 0 fully saturated rings. The standard InChI is InChI=1S/C18H16ClN3O4S/c19-11-5-1-3-7-13(11)26-10-17(24)22-21-16(23)9-15-18(25)20-12-6-2-4-8-14(12)27-15/h1-8,15H,9-10H2,(H,20,25)(H,21,23)(H,22,24)/t15-/m0/s1. The molecule has 1 atom stereocenters. The summed E-state index contributed by atoms with van der Waals surface area (Å²) in [7, 11) is 0. The number of amides is 3. The number of hydrazine groups is 1. The first kappa shape index (κ1) is 19.1. The normalized spacial score (nSPS) is 15.3. The monoisotopic (exact) mass is 405 g/mol. The van der Waals surface area contributed by atoms with Crippen LogP contribution in [0.2, 0.25) is 5.02 Å². The number of hydrogen-bond donors (Lipinski definition) is 3. The molecule has 0 unspecified atom stereocenters. The minimum absolute atomic E-state index is 0.0729. The molecule has 1 aliphatic rings. The molecule has 2 aromatic rings. The molecule has 0 saturated carbocycles. The molecule has 3 N–H and O–H groups in total. The van der Waals surface area contributed by atoms with Gasteiger partial charge in [0.1, 0.15) is 5.75 Å². The lowest BCUT2D eigenvalue weighted by Crippen LogP contribution is -2.45. The van der Waals surface area contributed by atoms with Gasteiger partial charge in [-0.05, 0) is 24.3 Å². The molecular formula is C18H16ClN3O4S.